The predicted octanol–water partition coefficient (Wildman–Crippen LogP) is 2.79. The van der Waals surface area contributed by atoms with E-state index in [1.54, 1.807) is 0 Å². The van der Waals surface area contributed by atoms with E-state index in [9.17, 15) is 26.3 Å². The maximum absolute atomic E-state index is 12.4. The molecule has 0 aromatic rings. The first-order valence-electron chi connectivity index (χ1n) is 5.01. The van der Waals surface area contributed by atoms with Crippen molar-refractivity contribution >= 4 is 0 Å². The van der Waals surface area contributed by atoms with E-state index in [-0.39, 0.29) is 0 Å². The zero-order chi connectivity index (χ0) is 13.4. The molecule has 0 spiro atoms. The molecule has 0 rings (SSSR count). The highest BCUT2D eigenvalue weighted by Crippen LogP contribution is 2.24. The minimum atomic E-state index is -1.95. The first-order chi connectivity index (χ1) is 8.07. The van der Waals surface area contributed by atoms with Crippen LogP contribution in [-0.2, 0) is 4.74 Å². The van der Waals surface area contributed by atoms with Crippen molar-refractivity contribution in [2.24, 2.45) is 10.8 Å². The molecule has 0 atom stereocenters. The topological polar surface area (TPSA) is 9.23 Å². The highest BCUT2D eigenvalue weighted by atomic mass is 19.2. The average Bonchev–Trinajstić information content (AvgIpc) is 2.41. The van der Waals surface area contributed by atoms with E-state index in [2.05, 4.69) is 4.74 Å². The van der Waals surface area contributed by atoms with Gasteiger partial charge in [-0.15, -0.1) is 0 Å². The second-order valence-corrected chi connectivity index (χ2v) is 4.29. The van der Waals surface area contributed by atoms with Crippen LogP contribution < -0.4 is 0 Å². The quantitative estimate of drug-likeness (QED) is 0.552. The van der Waals surface area contributed by atoms with Gasteiger partial charge in [-0.3, -0.25) is 26.3 Å². The van der Waals surface area contributed by atoms with Crippen LogP contribution in [0.25, 0.3) is 0 Å². The van der Waals surface area contributed by atoms with Crippen molar-refractivity contribution in [3.8, 4) is 0 Å². The van der Waals surface area contributed by atoms with Gasteiger partial charge < -0.3 is 4.74 Å². The summed E-state index contributed by atoms with van der Waals surface area (Å²) < 4.78 is 79.1. The molecule has 0 saturated heterocycles. The zero-order valence-electron chi connectivity index (χ0n) is 9.33. The molecule has 0 heterocycles. The van der Waals surface area contributed by atoms with Gasteiger partial charge in [0.25, 0.3) is 0 Å². The van der Waals surface area contributed by atoms with Gasteiger partial charge in [-0.1, -0.05) is 0 Å². The first-order valence-corrected chi connectivity index (χ1v) is 5.01. The van der Waals surface area contributed by atoms with Crippen LogP contribution in [0.3, 0.4) is 0 Å². The molecule has 0 aromatic heterocycles. The lowest BCUT2D eigenvalue weighted by molar-refractivity contribution is -0.0540. The Morgan fingerprint density at radius 2 is 0.765 bits per heavy atom. The van der Waals surface area contributed by atoms with Gasteiger partial charge in [0.05, 0.1) is 24.0 Å². The number of hydrogen-bond acceptors (Lipinski definition) is 1. The second-order valence-electron chi connectivity index (χ2n) is 4.29. The van der Waals surface area contributed by atoms with E-state index in [0.717, 1.165) is 0 Å². The van der Waals surface area contributed by atoms with Crippen LogP contribution in [-0.4, -0.2) is 53.3 Å². The van der Waals surface area contributed by atoms with Crippen LogP contribution in [0.5, 0.6) is 0 Å². The highest BCUT2D eigenvalue weighted by Gasteiger charge is 2.35. The third-order valence-electron chi connectivity index (χ3n) is 2.52. The van der Waals surface area contributed by atoms with Crippen LogP contribution in [0.2, 0.25) is 0 Å². The molecule has 0 saturated carbocycles. The molecule has 0 N–H and O–H groups in total. The second kappa shape index (κ2) is 7.79. The highest BCUT2D eigenvalue weighted by molar-refractivity contribution is 4.80. The molecule has 0 aliphatic heterocycles. The van der Waals surface area contributed by atoms with Gasteiger partial charge in [0.15, 0.2) is 0 Å². The van der Waals surface area contributed by atoms with E-state index in [1.807, 2.05) is 0 Å². The molecule has 0 aliphatic carbocycles. The minimum absolute atomic E-state index is 0.682. The summed E-state index contributed by atoms with van der Waals surface area (Å²) in [6, 6.07) is 0. The molecule has 0 fully saturated rings. The summed E-state index contributed by atoms with van der Waals surface area (Å²) in [5.41, 5.74) is -3.90. The molecule has 0 aliphatic rings. The summed E-state index contributed by atoms with van der Waals surface area (Å²) in [5, 5.41) is 0. The molecular formula is C10H16F6O. The fourth-order valence-corrected chi connectivity index (χ4v) is 0.930. The summed E-state index contributed by atoms with van der Waals surface area (Å²) in [5.74, 6) is 0. The monoisotopic (exact) mass is 266 g/mol. The standard InChI is InChI=1S/C10H16F6O/c11-1-9(2-12,3-13)7-17-8-10(4-14,5-15)6-16/h1-8H2. The van der Waals surface area contributed by atoms with Gasteiger partial charge in [0.1, 0.15) is 40.0 Å². The number of ether oxygens (including phenoxy) is 1. The maximum atomic E-state index is 12.4. The summed E-state index contributed by atoms with van der Waals surface area (Å²) in [7, 11) is 0. The Bertz CT molecular complexity index is 157. The summed E-state index contributed by atoms with van der Waals surface area (Å²) >= 11 is 0. The average molecular weight is 266 g/mol. The molecule has 0 amide bonds. The van der Waals surface area contributed by atoms with E-state index < -0.39 is 64.1 Å². The Labute approximate surface area is 96.1 Å². The predicted molar refractivity (Wildman–Crippen MR) is 51.5 cm³/mol. The van der Waals surface area contributed by atoms with E-state index in [0.29, 0.717) is 0 Å². The van der Waals surface area contributed by atoms with Gasteiger partial charge in [0.2, 0.25) is 0 Å². The summed E-state index contributed by atoms with van der Waals surface area (Å²) in [6.07, 6.45) is 0. The normalized spacial score (nSPS) is 13.1. The largest absolute Gasteiger partial charge is 0.380 e. The fraction of sp³-hybridized carbons (Fsp3) is 1.00. The number of halogens is 6. The third kappa shape index (κ3) is 4.37. The Hall–Kier alpha value is -0.460. The Morgan fingerprint density at radius 3 is 0.941 bits per heavy atom. The van der Waals surface area contributed by atoms with Crippen molar-refractivity contribution in [1.82, 2.24) is 0 Å². The molecule has 17 heavy (non-hydrogen) atoms. The van der Waals surface area contributed by atoms with Crippen molar-refractivity contribution in [3.05, 3.63) is 0 Å². The Kier molecular flexibility index (Phi) is 7.58. The zero-order valence-corrected chi connectivity index (χ0v) is 9.33. The molecule has 0 aromatic carbocycles. The van der Waals surface area contributed by atoms with Gasteiger partial charge >= 0.3 is 0 Å². The van der Waals surface area contributed by atoms with E-state index in [4.69, 9.17) is 0 Å². The van der Waals surface area contributed by atoms with Gasteiger partial charge in [-0.25, -0.2) is 0 Å². The lowest BCUT2D eigenvalue weighted by Crippen LogP contribution is -2.39. The number of hydrogen-bond donors (Lipinski definition) is 0. The Balaban J connectivity index is 4.28. The molecule has 7 heteroatoms. The lowest BCUT2D eigenvalue weighted by Gasteiger charge is -2.28. The molecule has 0 radical (unpaired) electrons. The van der Waals surface area contributed by atoms with Crippen LogP contribution in [0.15, 0.2) is 0 Å². The first kappa shape index (κ1) is 16.5. The van der Waals surface area contributed by atoms with Crippen LogP contribution in [0.4, 0.5) is 26.3 Å². The SMILES string of the molecule is FCC(CF)(CF)COCC(CF)(CF)CF. The molecule has 0 bridgehead atoms. The molecule has 104 valence electrons. The lowest BCUT2D eigenvalue weighted by atomic mass is 9.93. The molecule has 1 nitrogen and oxygen atoms in total. The molecule has 0 unspecified atom stereocenters. The number of alkyl halides is 6. The van der Waals surface area contributed by atoms with Crippen molar-refractivity contribution in [3.63, 3.8) is 0 Å². The summed E-state index contributed by atoms with van der Waals surface area (Å²) in [6.45, 7) is -9.15. The number of rotatable bonds is 10. The molecular weight excluding hydrogens is 250 g/mol. The summed E-state index contributed by atoms with van der Waals surface area (Å²) in [4.78, 5) is 0. The smallest absolute Gasteiger partial charge is 0.102 e. The van der Waals surface area contributed by atoms with Gasteiger partial charge in [-0.05, 0) is 0 Å². The van der Waals surface area contributed by atoms with Crippen molar-refractivity contribution in [2.75, 3.05) is 53.3 Å². The van der Waals surface area contributed by atoms with E-state index >= 15 is 0 Å². The Morgan fingerprint density at radius 1 is 0.529 bits per heavy atom. The minimum Gasteiger partial charge on any atom is -0.380 e. The fourth-order valence-electron chi connectivity index (χ4n) is 0.930. The van der Waals surface area contributed by atoms with Crippen molar-refractivity contribution in [1.29, 1.82) is 0 Å². The van der Waals surface area contributed by atoms with Crippen molar-refractivity contribution < 1.29 is 31.1 Å². The van der Waals surface area contributed by atoms with Crippen LogP contribution >= 0.6 is 0 Å². The van der Waals surface area contributed by atoms with Gasteiger partial charge in [0, 0.05) is 0 Å². The third-order valence-corrected chi connectivity index (χ3v) is 2.52. The van der Waals surface area contributed by atoms with E-state index in [1.165, 1.54) is 0 Å². The van der Waals surface area contributed by atoms with Gasteiger partial charge in [-0.2, -0.15) is 0 Å². The van der Waals surface area contributed by atoms with Crippen LogP contribution in [0.1, 0.15) is 0 Å². The van der Waals surface area contributed by atoms with Crippen LogP contribution in [0, 0.1) is 10.8 Å². The van der Waals surface area contributed by atoms with Crippen molar-refractivity contribution in [2.45, 2.75) is 0 Å². The maximum Gasteiger partial charge on any atom is 0.102 e.